The molecule has 5 nitrogen and oxygen atoms in total. The summed E-state index contributed by atoms with van der Waals surface area (Å²) in [5, 5.41) is 12.8. The van der Waals surface area contributed by atoms with Crippen LogP contribution in [0.3, 0.4) is 0 Å². The van der Waals surface area contributed by atoms with E-state index in [0.717, 1.165) is 12.8 Å². The van der Waals surface area contributed by atoms with Crippen molar-refractivity contribution >= 4 is 9.84 Å². The average Bonchev–Trinajstić information content (AvgIpc) is 3.25. The summed E-state index contributed by atoms with van der Waals surface area (Å²) < 4.78 is 28.7. The molecule has 0 radical (unpaired) electrons. The Labute approximate surface area is 119 Å². The first-order chi connectivity index (χ1) is 9.41. The van der Waals surface area contributed by atoms with Gasteiger partial charge in [0.15, 0.2) is 9.84 Å². The highest BCUT2D eigenvalue weighted by Crippen LogP contribution is 2.39. The van der Waals surface area contributed by atoms with Crippen LogP contribution in [0.1, 0.15) is 12.8 Å². The predicted octanol–water partition coefficient (Wildman–Crippen LogP) is 0.829. The first-order valence-corrected chi connectivity index (χ1v) is 8.53. The number of hydrogen-bond donors (Lipinski definition) is 2. The molecule has 2 rings (SSSR count). The molecule has 1 atom stereocenters. The quantitative estimate of drug-likeness (QED) is 0.780. The molecule has 0 amide bonds. The van der Waals surface area contributed by atoms with Crippen molar-refractivity contribution in [2.75, 3.05) is 26.5 Å². The Morgan fingerprint density at radius 3 is 2.65 bits per heavy atom. The highest BCUT2D eigenvalue weighted by Gasteiger charge is 2.44. The first kappa shape index (κ1) is 15.3. The second kappa shape index (κ2) is 5.71. The van der Waals surface area contributed by atoms with Gasteiger partial charge in [0.2, 0.25) is 0 Å². The third-order valence-electron chi connectivity index (χ3n) is 3.87. The lowest BCUT2D eigenvalue weighted by atomic mass is 9.95. The van der Waals surface area contributed by atoms with E-state index >= 15 is 0 Å². The van der Waals surface area contributed by atoms with Crippen LogP contribution >= 0.6 is 0 Å². The van der Waals surface area contributed by atoms with Gasteiger partial charge in [-0.15, -0.1) is 0 Å². The standard InChI is InChI=1S/C14H21NO4S/c1-15-14(9-16,11-6-7-11)10-19-12-4-3-5-13(8-12)20(2,17)18/h3-5,8,11,15-16H,6-7,9-10H2,1-2H3. The second-order valence-corrected chi connectivity index (χ2v) is 7.39. The van der Waals surface area contributed by atoms with Gasteiger partial charge in [-0.1, -0.05) is 6.07 Å². The molecule has 2 N–H and O–H groups in total. The van der Waals surface area contributed by atoms with Gasteiger partial charge >= 0.3 is 0 Å². The van der Waals surface area contributed by atoms with Crippen LogP contribution in [0.25, 0.3) is 0 Å². The minimum Gasteiger partial charge on any atom is -0.492 e. The molecule has 1 aliphatic rings. The summed E-state index contributed by atoms with van der Waals surface area (Å²) in [6, 6.07) is 6.43. The Morgan fingerprint density at radius 1 is 1.45 bits per heavy atom. The van der Waals surface area contributed by atoms with Gasteiger partial charge in [0.25, 0.3) is 0 Å². The van der Waals surface area contributed by atoms with Crippen molar-refractivity contribution in [1.82, 2.24) is 5.32 Å². The molecule has 6 heteroatoms. The molecule has 1 aromatic carbocycles. The van der Waals surface area contributed by atoms with E-state index in [1.807, 2.05) is 7.05 Å². The maximum Gasteiger partial charge on any atom is 0.175 e. The fourth-order valence-electron chi connectivity index (χ4n) is 2.29. The smallest absolute Gasteiger partial charge is 0.175 e. The number of hydrogen-bond acceptors (Lipinski definition) is 5. The van der Waals surface area contributed by atoms with Crippen molar-refractivity contribution in [1.29, 1.82) is 0 Å². The Balaban J connectivity index is 2.10. The molecule has 1 fully saturated rings. The third-order valence-corrected chi connectivity index (χ3v) is 4.98. The zero-order valence-corrected chi connectivity index (χ0v) is 12.6. The largest absolute Gasteiger partial charge is 0.492 e. The lowest BCUT2D eigenvalue weighted by molar-refractivity contribution is 0.0914. The number of likely N-dealkylation sites (N-methyl/N-ethyl adjacent to an activating group) is 1. The van der Waals surface area contributed by atoms with Gasteiger partial charge in [0.1, 0.15) is 12.4 Å². The highest BCUT2D eigenvalue weighted by molar-refractivity contribution is 7.90. The molecule has 0 heterocycles. The summed E-state index contributed by atoms with van der Waals surface area (Å²) in [4.78, 5) is 0.237. The van der Waals surface area contributed by atoms with Crippen molar-refractivity contribution in [2.24, 2.45) is 5.92 Å². The van der Waals surface area contributed by atoms with Gasteiger partial charge in [-0.2, -0.15) is 0 Å². The van der Waals surface area contributed by atoms with E-state index in [9.17, 15) is 13.5 Å². The molecule has 1 unspecified atom stereocenters. The van der Waals surface area contributed by atoms with Crippen LogP contribution in [0.5, 0.6) is 5.75 Å². The minimum atomic E-state index is -3.24. The number of benzene rings is 1. The number of nitrogens with one attached hydrogen (secondary N) is 1. The Bertz CT molecular complexity index is 562. The Morgan fingerprint density at radius 2 is 2.15 bits per heavy atom. The molecule has 1 aliphatic carbocycles. The van der Waals surface area contributed by atoms with Crippen molar-refractivity contribution in [3.63, 3.8) is 0 Å². The number of aliphatic hydroxyl groups excluding tert-OH is 1. The van der Waals surface area contributed by atoms with E-state index in [1.54, 1.807) is 18.2 Å². The predicted molar refractivity (Wildman–Crippen MR) is 76.6 cm³/mol. The van der Waals surface area contributed by atoms with Crippen molar-refractivity contribution in [2.45, 2.75) is 23.3 Å². The fourth-order valence-corrected chi connectivity index (χ4v) is 2.95. The van der Waals surface area contributed by atoms with E-state index < -0.39 is 15.4 Å². The second-order valence-electron chi connectivity index (χ2n) is 5.37. The molecule has 0 saturated heterocycles. The van der Waals surface area contributed by atoms with Gasteiger partial charge < -0.3 is 15.2 Å². The maximum absolute atomic E-state index is 11.5. The number of rotatable bonds is 7. The summed E-state index contributed by atoms with van der Waals surface area (Å²) in [6.07, 6.45) is 3.32. The fraction of sp³-hybridized carbons (Fsp3) is 0.571. The molecule has 0 bridgehead atoms. The van der Waals surface area contributed by atoms with E-state index in [4.69, 9.17) is 4.74 Å². The van der Waals surface area contributed by atoms with Gasteiger partial charge in [-0.05, 0) is 44.0 Å². The molecule has 1 aromatic rings. The van der Waals surface area contributed by atoms with Gasteiger partial charge in [-0.25, -0.2) is 8.42 Å². The summed E-state index contributed by atoms with van der Waals surface area (Å²) in [5.41, 5.74) is -0.443. The van der Waals surface area contributed by atoms with E-state index in [-0.39, 0.29) is 11.5 Å². The molecule has 112 valence electrons. The topological polar surface area (TPSA) is 75.6 Å². The first-order valence-electron chi connectivity index (χ1n) is 6.64. The summed E-state index contributed by atoms with van der Waals surface area (Å²) in [5.74, 6) is 0.914. The van der Waals surface area contributed by atoms with Gasteiger partial charge in [-0.3, -0.25) is 0 Å². The third kappa shape index (κ3) is 3.31. The van der Waals surface area contributed by atoms with Crippen LogP contribution in [0.4, 0.5) is 0 Å². The Hall–Kier alpha value is -1.11. The molecular formula is C14H21NO4S. The maximum atomic E-state index is 11.5. The average molecular weight is 299 g/mol. The van der Waals surface area contributed by atoms with E-state index in [1.165, 1.54) is 12.3 Å². The number of aliphatic hydroxyl groups is 1. The molecule has 0 aliphatic heterocycles. The van der Waals surface area contributed by atoms with Crippen molar-refractivity contribution < 1.29 is 18.3 Å². The highest BCUT2D eigenvalue weighted by atomic mass is 32.2. The number of ether oxygens (including phenoxy) is 1. The van der Waals surface area contributed by atoms with Crippen LogP contribution in [-0.2, 0) is 9.84 Å². The van der Waals surface area contributed by atoms with Crippen molar-refractivity contribution in [3.05, 3.63) is 24.3 Å². The lowest BCUT2D eigenvalue weighted by Crippen LogP contribution is -2.53. The Kier molecular flexibility index (Phi) is 4.36. The molecule has 0 spiro atoms. The summed E-state index contributed by atoms with van der Waals surface area (Å²) in [6.45, 7) is 0.317. The van der Waals surface area contributed by atoms with Crippen LogP contribution < -0.4 is 10.1 Å². The monoisotopic (exact) mass is 299 g/mol. The zero-order valence-electron chi connectivity index (χ0n) is 11.8. The SMILES string of the molecule is CNC(CO)(COc1cccc(S(C)(=O)=O)c1)C1CC1. The normalized spacial score (nSPS) is 18.6. The molecule has 20 heavy (non-hydrogen) atoms. The lowest BCUT2D eigenvalue weighted by Gasteiger charge is -2.31. The number of sulfone groups is 1. The summed E-state index contributed by atoms with van der Waals surface area (Å²) in [7, 11) is -1.43. The summed E-state index contributed by atoms with van der Waals surface area (Å²) >= 11 is 0. The molecule has 1 saturated carbocycles. The molecule has 0 aromatic heterocycles. The van der Waals surface area contributed by atoms with Gasteiger partial charge in [0.05, 0.1) is 17.0 Å². The van der Waals surface area contributed by atoms with Crippen LogP contribution in [-0.4, -0.2) is 45.6 Å². The van der Waals surface area contributed by atoms with Crippen LogP contribution in [0, 0.1) is 5.92 Å². The molecular weight excluding hydrogens is 278 g/mol. The van der Waals surface area contributed by atoms with Crippen LogP contribution in [0.2, 0.25) is 0 Å². The van der Waals surface area contributed by atoms with Crippen LogP contribution in [0.15, 0.2) is 29.2 Å². The van der Waals surface area contributed by atoms with Crippen molar-refractivity contribution in [3.8, 4) is 5.75 Å². The van der Waals surface area contributed by atoms with Gasteiger partial charge in [0, 0.05) is 6.26 Å². The minimum absolute atomic E-state index is 0.0000657. The zero-order chi connectivity index (χ0) is 14.8. The van der Waals surface area contributed by atoms with E-state index in [2.05, 4.69) is 5.32 Å². The van der Waals surface area contributed by atoms with E-state index in [0.29, 0.717) is 18.3 Å².